The molecule has 3 heterocycles. The molecule has 0 spiro atoms. The Bertz CT molecular complexity index is 3550. The first-order valence-corrected chi connectivity index (χ1v) is 47.2. The summed E-state index contributed by atoms with van der Waals surface area (Å²) >= 11 is 0. The normalized spacial score (nSPS) is 22.5. The van der Waals surface area contributed by atoms with Crippen molar-refractivity contribution in [3.63, 3.8) is 0 Å². The fourth-order valence-corrected chi connectivity index (χ4v) is 14.6. The number of fused-ring (bicyclic) bond motifs is 2. The van der Waals surface area contributed by atoms with Crippen LogP contribution in [0, 0.1) is 73.4 Å². The van der Waals surface area contributed by atoms with Crippen LogP contribution in [0.2, 0.25) is 0 Å². The van der Waals surface area contributed by atoms with E-state index in [1.165, 1.54) is 16.7 Å². The number of methoxy groups -OCH3 is 1. The number of hydrogen-bond acceptors (Lipinski definition) is 24. The van der Waals surface area contributed by atoms with Gasteiger partial charge in [-0.2, -0.15) is 0 Å². The molecule has 4 bridgehead atoms. The predicted molar refractivity (Wildman–Crippen MR) is 493 cm³/mol. The van der Waals surface area contributed by atoms with Crippen LogP contribution >= 0.6 is 0 Å². The van der Waals surface area contributed by atoms with Crippen LogP contribution in [0.4, 0.5) is 0 Å². The van der Waals surface area contributed by atoms with Crippen LogP contribution in [-0.4, -0.2) is 159 Å². The SMILES string of the molecule is CCC(C)(C)C(=O)OC(CC(C)(C)C)OCC1CCCO1.CCC(C)(C)C(=O)OC(CC(C)(C)C)OCCOC.CCC(C)(C)C(=O)OC1C2CC3C(=O)OC1C3C2.CCC(C)(C)C(=O)OC1C2CC3C(=O)OC1C3C2.CCC(C)c1ccc(O)cc1.CCC(C)c1ccc(O)cc1.CCC(C)c1ccc(O)cc1.CCOC(=O)CC(OCC)OC(=O)C(C)(C)CC. The Morgan fingerprint density at radius 2 is 0.756 bits per heavy atom. The summed E-state index contributed by atoms with van der Waals surface area (Å²) in [5.74, 6) is 2.53. The number of benzene rings is 3. The number of carbonyl (C=O) groups is 8. The quantitative estimate of drug-likeness (QED) is 0.0213. The Morgan fingerprint density at radius 1 is 0.425 bits per heavy atom. The van der Waals surface area contributed by atoms with Crippen molar-refractivity contribution in [2.75, 3.05) is 46.8 Å². The third-order valence-corrected chi connectivity index (χ3v) is 26.1. The van der Waals surface area contributed by atoms with Crippen molar-refractivity contribution in [2.24, 2.45) is 73.4 Å². The van der Waals surface area contributed by atoms with E-state index < -0.39 is 51.9 Å². The van der Waals surface area contributed by atoms with Gasteiger partial charge in [0, 0.05) is 56.8 Å². The summed E-state index contributed by atoms with van der Waals surface area (Å²) < 4.78 is 70.4. The van der Waals surface area contributed by atoms with Gasteiger partial charge in [0.1, 0.15) is 48.1 Å². The van der Waals surface area contributed by atoms with Gasteiger partial charge in [-0.1, -0.05) is 154 Å². The summed E-state index contributed by atoms with van der Waals surface area (Å²) in [7, 11) is 1.62. The maximum absolute atomic E-state index is 12.3. The third kappa shape index (κ3) is 37.8. The van der Waals surface area contributed by atoms with Crippen LogP contribution in [0.3, 0.4) is 0 Å². The number of rotatable bonds is 35. The minimum atomic E-state index is -0.868. The van der Waals surface area contributed by atoms with Crippen LogP contribution in [0.25, 0.3) is 0 Å². The molecule has 3 N–H and O–H groups in total. The third-order valence-electron chi connectivity index (χ3n) is 26.1. The number of aromatic hydroxyl groups is 3. The molecule has 4 aliphatic carbocycles. The Hall–Kier alpha value is -7.38. The number of phenols is 3. The van der Waals surface area contributed by atoms with E-state index in [0.29, 0.717) is 111 Å². The summed E-state index contributed by atoms with van der Waals surface area (Å²) in [5, 5.41) is 27.0. The zero-order valence-corrected chi connectivity index (χ0v) is 83.4. The number of esters is 8. The Morgan fingerprint density at radius 3 is 1.05 bits per heavy atom. The van der Waals surface area contributed by atoms with Crippen molar-refractivity contribution in [1.82, 2.24) is 0 Å². The van der Waals surface area contributed by atoms with E-state index in [2.05, 4.69) is 83.1 Å². The zero-order valence-electron chi connectivity index (χ0n) is 83.4. The average Bonchev–Trinajstić information content (AvgIpc) is 1.58. The van der Waals surface area contributed by atoms with Crippen LogP contribution in [-0.2, 0) is 99.9 Å². The first-order chi connectivity index (χ1) is 59.2. The standard InChI is InChI=1S/C17H32O4.C15H30O4.2C14H20O4.C13H24O5.3C10H14O/c1-7-17(5,6)15(18)21-14(11-16(2,3)4)20-12-13-9-8-10-19-13;1-8-15(5,6)13(16)19-12(11-14(2,3)4)18-10-9-17-7;2*1-4-14(2,3)13(16)18-10-7-5-8-9(6-7)12(15)17-11(8)10;1-6-13(4,5)12(15)18-11(17-8-3)9-10(14)16-7-2;3*1-3-8(2)9-4-6-10(11)7-5-9/h13-14H,7-12H2,1-6H3;12H,8-11H2,1-7H3;2*7-11H,4-6H2,1-3H3;11H,6-9H2,1-5H3;3*4-8,11H,3H2,1-2H3. The number of carbonyl (C=O) groups excluding carboxylic acids is 8. The van der Waals surface area contributed by atoms with Gasteiger partial charge in [0.2, 0.25) is 18.9 Å². The fraction of sp³-hybridized carbons (Fsp3) is 0.748. The predicted octanol–water partition coefficient (Wildman–Crippen LogP) is 22.1. The molecule has 7 fully saturated rings. The minimum absolute atomic E-state index is 0.0361. The van der Waals surface area contributed by atoms with Crippen molar-refractivity contribution in [2.45, 2.75) is 377 Å². The molecule has 4 saturated carbocycles. The Labute approximate surface area is 763 Å². The van der Waals surface area contributed by atoms with E-state index in [4.69, 9.17) is 76.9 Å². The van der Waals surface area contributed by atoms with Crippen LogP contribution in [0.15, 0.2) is 72.8 Å². The molecule has 17 unspecified atom stereocenters. The molecule has 3 aromatic carbocycles. The molecule has 3 aromatic rings. The van der Waals surface area contributed by atoms with E-state index in [1.54, 1.807) is 71.2 Å². The second kappa shape index (κ2) is 53.2. The zero-order chi connectivity index (χ0) is 96.3. The number of ether oxygens (including phenoxy) is 13. The number of hydrogen-bond donors (Lipinski definition) is 3. The molecular weight excluding hydrogens is 1620 g/mol. The summed E-state index contributed by atoms with van der Waals surface area (Å²) in [5.41, 5.74) is 1.54. The van der Waals surface area contributed by atoms with Crippen molar-refractivity contribution in [3.8, 4) is 17.2 Å². The van der Waals surface area contributed by atoms with Crippen LogP contribution in [0.1, 0.15) is 344 Å². The van der Waals surface area contributed by atoms with E-state index in [9.17, 15) is 38.4 Å². The van der Waals surface area contributed by atoms with Gasteiger partial charge < -0.3 is 76.9 Å². The van der Waals surface area contributed by atoms with Gasteiger partial charge in [0.25, 0.3) is 0 Å². The second-order valence-electron chi connectivity index (χ2n) is 40.8. The first-order valence-electron chi connectivity index (χ1n) is 47.2. The molecule has 0 amide bonds. The molecule has 3 aliphatic heterocycles. The lowest BCUT2D eigenvalue weighted by molar-refractivity contribution is -0.199. The van der Waals surface area contributed by atoms with E-state index in [0.717, 1.165) is 90.1 Å². The van der Waals surface area contributed by atoms with Gasteiger partial charge in [-0.3, -0.25) is 38.4 Å². The molecule has 0 radical (unpaired) electrons. The summed E-state index contributed by atoms with van der Waals surface area (Å²) in [6.45, 7) is 60.7. The monoisotopic (exact) mass is 1790 g/mol. The summed E-state index contributed by atoms with van der Waals surface area (Å²) in [6.07, 6.45) is 11.6. The maximum atomic E-state index is 12.3. The van der Waals surface area contributed by atoms with Gasteiger partial charge in [-0.25, -0.2) is 0 Å². The van der Waals surface area contributed by atoms with Crippen molar-refractivity contribution in [1.29, 1.82) is 0 Å². The first kappa shape index (κ1) is 114. The van der Waals surface area contributed by atoms with Crippen molar-refractivity contribution >= 4 is 47.8 Å². The maximum Gasteiger partial charge on any atom is 0.313 e. The topological polar surface area (TPSA) is 317 Å². The highest BCUT2D eigenvalue weighted by Gasteiger charge is 2.65. The minimum Gasteiger partial charge on any atom is -0.508 e. The Kier molecular flexibility index (Phi) is 47.7. The lowest BCUT2D eigenvalue weighted by Crippen LogP contribution is -2.39. The van der Waals surface area contributed by atoms with E-state index in [-0.39, 0.29) is 101 Å². The summed E-state index contributed by atoms with van der Waals surface area (Å²) in [6, 6.07) is 22.3. The van der Waals surface area contributed by atoms with Gasteiger partial charge in [0.05, 0.1) is 71.4 Å². The summed E-state index contributed by atoms with van der Waals surface area (Å²) in [4.78, 5) is 95.0. The van der Waals surface area contributed by atoms with E-state index >= 15 is 0 Å². The largest absolute Gasteiger partial charge is 0.508 e. The van der Waals surface area contributed by atoms with Crippen molar-refractivity contribution < 1.29 is 115 Å². The molecular formula is C103H168O24. The highest BCUT2D eigenvalue weighted by molar-refractivity contribution is 5.80. The Balaban J connectivity index is 0.000000378. The molecule has 0 aromatic heterocycles. The molecule has 127 heavy (non-hydrogen) atoms. The van der Waals surface area contributed by atoms with Gasteiger partial charge in [-0.05, 0) is 255 Å². The molecule has 3 saturated heterocycles. The van der Waals surface area contributed by atoms with Crippen LogP contribution in [0.5, 0.6) is 17.2 Å². The molecule has 17 atom stereocenters. The molecule has 10 rings (SSSR count). The molecule has 7 aliphatic rings. The van der Waals surface area contributed by atoms with Gasteiger partial charge in [-0.15, -0.1) is 0 Å². The second-order valence-corrected chi connectivity index (χ2v) is 40.8. The molecule has 24 heteroatoms. The van der Waals surface area contributed by atoms with E-state index in [1.807, 2.05) is 126 Å². The number of phenolic OH excluding ortho intramolecular Hbond substituents is 3. The van der Waals surface area contributed by atoms with Crippen molar-refractivity contribution in [3.05, 3.63) is 89.5 Å². The van der Waals surface area contributed by atoms with Crippen LogP contribution < -0.4 is 0 Å². The molecule has 24 nitrogen and oxygen atoms in total. The van der Waals surface area contributed by atoms with Gasteiger partial charge >= 0.3 is 47.8 Å². The average molecular weight is 1790 g/mol. The smallest absolute Gasteiger partial charge is 0.313 e. The lowest BCUT2D eigenvalue weighted by Gasteiger charge is -2.30. The molecule has 724 valence electrons. The lowest BCUT2D eigenvalue weighted by atomic mass is 9.87. The highest BCUT2D eigenvalue weighted by Crippen LogP contribution is 2.57. The highest BCUT2D eigenvalue weighted by atomic mass is 16.7. The van der Waals surface area contributed by atoms with Gasteiger partial charge in [0.15, 0.2) is 0 Å². The fourth-order valence-electron chi connectivity index (χ4n) is 14.6.